The fraction of sp³-hybridized carbons (Fsp3) is 0.400. The molecule has 5 heteroatoms. The number of rotatable bonds is 14. The number of unbranched alkanes of at least 4 members (excludes halogenated alkanes) is 4. The van der Waals surface area contributed by atoms with E-state index in [-0.39, 0.29) is 5.43 Å². The van der Waals surface area contributed by atoms with Crippen molar-refractivity contribution in [2.45, 2.75) is 91.5 Å². The summed E-state index contributed by atoms with van der Waals surface area (Å²) >= 11 is 0. The predicted molar refractivity (Wildman–Crippen MR) is 164 cm³/mol. The number of hydrogen-bond donors (Lipinski definition) is 1. The van der Waals surface area contributed by atoms with E-state index in [0.29, 0.717) is 17.7 Å². The van der Waals surface area contributed by atoms with Crippen molar-refractivity contribution in [1.82, 2.24) is 9.55 Å². The molecule has 1 N–H and O–H groups in total. The molecule has 0 unspecified atom stereocenters. The maximum Gasteiger partial charge on any atom is 0.336 e. The summed E-state index contributed by atoms with van der Waals surface area (Å²) in [6.45, 7) is 7.18. The van der Waals surface area contributed by atoms with Gasteiger partial charge in [0.15, 0.2) is 5.43 Å². The quantitative estimate of drug-likeness (QED) is 0.164. The van der Waals surface area contributed by atoms with E-state index >= 15 is 0 Å². The molecule has 0 atom stereocenters. The van der Waals surface area contributed by atoms with Gasteiger partial charge in [-0.05, 0) is 67.0 Å². The normalized spacial score (nSPS) is 11.3. The first-order valence-corrected chi connectivity index (χ1v) is 14.9. The molecule has 0 saturated carbocycles. The smallest absolute Gasteiger partial charge is 0.336 e. The average molecular weight is 539 g/mol. The molecule has 0 radical (unpaired) electrons. The molecule has 0 amide bonds. The van der Waals surface area contributed by atoms with Crippen LogP contribution in [-0.4, -0.2) is 20.6 Å². The Morgan fingerprint density at radius 1 is 0.800 bits per heavy atom. The van der Waals surface area contributed by atoms with Crippen molar-refractivity contribution in [2.75, 3.05) is 0 Å². The fourth-order valence-corrected chi connectivity index (χ4v) is 5.36. The minimum absolute atomic E-state index is 0.181. The lowest BCUT2D eigenvalue weighted by atomic mass is 9.99. The van der Waals surface area contributed by atoms with Crippen LogP contribution in [0.5, 0.6) is 0 Å². The van der Waals surface area contributed by atoms with Gasteiger partial charge in [-0.2, -0.15) is 0 Å². The van der Waals surface area contributed by atoms with Crippen LogP contribution < -0.4 is 5.43 Å². The van der Waals surface area contributed by atoms with Gasteiger partial charge >= 0.3 is 5.97 Å². The molecule has 4 rings (SSSR count). The van der Waals surface area contributed by atoms with E-state index in [1.807, 2.05) is 24.3 Å². The minimum atomic E-state index is -0.927. The molecule has 3 aromatic carbocycles. The van der Waals surface area contributed by atoms with Crippen LogP contribution in [-0.2, 0) is 25.8 Å². The van der Waals surface area contributed by atoms with Gasteiger partial charge in [-0.3, -0.25) is 4.79 Å². The van der Waals surface area contributed by atoms with Gasteiger partial charge in [0.1, 0.15) is 5.82 Å². The lowest BCUT2D eigenvalue weighted by molar-refractivity contribution is 0.0697. The highest BCUT2D eigenvalue weighted by Gasteiger charge is 2.16. The van der Waals surface area contributed by atoms with Crippen LogP contribution in [0.2, 0.25) is 0 Å². The molecular weight excluding hydrogens is 496 g/mol. The molecule has 210 valence electrons. The number of aromatic nitrogens is 2. The van der Waals surface area contributed by atoms with Crippen molar-refractivity contribution in [1.29, 1.82) is 0 Å². The second-order valence-corrected chi connectivity index (χ2v) is 10.8. The van der Waals surface area contributed by atoms with Gasteiger partial charge in [-0.25, -0.2) is 9.78 Å². The Bertz CT molecular complexity index is 1500. The number of imidazole rings is 1. The van der Waals surface area contributed by atoms with Crippen molar-refractivity contribution < 1.29 is 9.90 Å². The van der Waals surface area contributed by atoms with Gasteiger partial charge in [0.2, 0.25) is 0 Å². The summed E-state index contributed by atoms with van der Waals surface area (Å²) in [6, 6.07) is 19.4. The number of aryl methyl sites for hydroxylation is 3. The Morgan fingerprint density at radius 2 is 1.45 bits per heavy atom. The van der Waals surface area contributed by atoms with Crippen LogP contribution in [0, 0.1) is 0 Å². The molecule has 0 bridgehead atoms. The number of aromatic carboxylic acids is 1. The van der Waals surface area contributed by atoms with Crippen LogP contribution in [0.3, 0.4) is 0 Å². The first kappa shape index (κ1) is 29.3. The molecule has 40 heavy (non-hydrogen) atoms. The zero-order valence-electron chi connectivity index (χ0n) is 24.2. The molecular formula is C35H42N2O3. The topological polar surface area (TPSA) is 72.2 Å². The van der Waals surface area contributed by atoms with Crippen molar-refractivity contribution in [3.8, 4) is 11.1 Å². The van der Waals surface area contributed by atoms with Crippen LogP contribution in [0.4, 0.5) is 0 Å². The summed E-state index contributed by atoms with van der Waals surface area (Å²) in [7, 11) is 0. The van der Waals surface area contributed by atoms with E-state index < -0.39 is 5.97 Å². The Balaban J connectivity index is 1.79. The Morgan fingerprint density at radius 3 is 2.10 bits per heavy atom. The van der Waals surface area contributed by atoms with Crippen molar-refractivity contribution in [2.24, 2.45) is 0 Å². The zero-order valence-corrected chi connectivity index (χ0v) is 24.2. The average Bonchev–Trinajstić information content (AvgIpc) is 3.21. The van der Waals surface area contributed by atoms with Crippen LogP contribution in [0.1, 0.15) is 98.6 Å². The maximum absolute atomic E-state index is 13.5. The van der Waals surface area contributed by atoms with Gasteiger partial charge in [-0.1, -0.05) is 88.9 Å². The van der Waals surface area contributed by atoms with E-state index in [0.717, 1.165) is 103 Å². The second kappa shape index (κ2) is 14.1. The monoisotopic (exact) mass is 538 g/mol. The van der Waals surface area contributed by atoms with E-state index in [4.69, 9.17) is 4.98 Å². The van der Waals surface area contributed by atoms with Gasteiger partial charge in [0, 0.05) is 24.1 Å². The molecule has 0 aliphatic rings. The Hall–Kier alpha value is -3.73. The summed E-state index contributed by atoms with van der Waals surface area (Å²) in [5.41, 5.74) is 6.90. The summed E-state index contributed by atoms with van der Waals surface area (Å²) in [4.78, 5) is 30.4. The van der Waals surface area contributed by atoms with Gasteiger partial charge in [0.25, 0.3) is 0 Å². The molecule has 1 aromatic heterocycles. The van der Waals surface area contributed by atoms with Crippen LogP contribution in [0.15, 0.2) is 65.5 Å². The van der Waals surface area contributed by atoms with Crippen molar-refractivity contribution in [3.05, 3.63) is 99.0 Å². The van der Waals surface area contributed by atoms with E-state index in [1.54, 1.807) is 12.1 Å². The highest BCUT2D eigenvalue weighted by atomic mass is 16.4. The number of carboxylic acid groups (broad SMARTS) is 1. The second-order valence-electron chi connectivity index (χ2n) is 10.8. The number of carboxylic acids is 1. The third kappa shape index (κ3) is 6.88. The molecule has 0 saturated heterocycles. The predicted octanol–water partition coefficient (Wildman–Crippen LogP) is 8.23. The van der Waals surface area contributed by atoms with E-state index in [9.17, 15) is 14.7 Å². The first-order valence-electron chi connectivity index (χ1n) is 14.9. The molecule has 4 aromatic rings. The summed E-state index contributed by atoms with van der Waals surface area (Å²) in [6.07, 6.45) is 9.94. The molecule has 0 aliphatic heterocycles. The van der Waals surface area contributed by atoms with Crippen molar-refractivity contribution >= 4 is 17.0 Å². The fourth-order valence-electron chi connectivity index (χ4n) is 5.36. The van der Waals surface area contributed by atoms with Crippen LogP contribution >= 0.6 is 0 Å². The maximum atomic E-state index is 13.5. The SMILES string of the molecule is CCCCCc1nc2cc(CCCC)c(=O)c(CCCC)cc2n1Cc1ccc(-c2ccccc2C(=O)O)cc1. The number of carbonyl (C=O) groups is 1. The number of nitrogens with zero attached hydrogens (tertiary/aromatic N) is 2. The zero-order chi connectivity index (χ0) is 28.5. The first-order chi connectivity index (χ1) is 19.5. The minimum Gasteiger partial charge on any atom is -0.478 e. The van der Waals surface area contributed by atoms with Gasteiger partial charge < -0.3 is 9.67 Å². The largest absolute Gasteiger partial charge is 0.478 e. The van der Waals surface area contributed by atoms with E-state index in [1.165, 1.54) is 0 Å². The van der Waals surface area contributed by atoms with Crippen LogP contribution in [0.25, 0.3) is 22.2 Å². The highest BCUT2D eigenvalue weighted by Crippen LogP contribution is 2.26. The Kier molecular flexibility index (Phi) is 10.3. The lowest BCUT2D eigenvalue weighted by Gasteiger charge is -2.11. The van der Waals surface area contributed by atoms with E-state index in [2.05, 4.69) is 49.6 Å². The summed E-state index contributed by atoms with van der Waals surface area (Å²) in [5, 5.41) is 9.62. The summed E-state index contributed by atoms with van der Waals surface area (Å²) < 4.78 is 2.30. The molecule has 0 spiro atoms. The highest BCUT2D eigenvalue weighted by molar-refractivity contribution is 5.96. The third-order valence-electron chi connectivity index (χ3n) is 7.69. The third-order valence-corrected chi connectivity index (χ3v) is 7.69. The number of benzene rings is 2. The molecule has 0 fully saturated rings. The standard InChI is InChI=1S/C35H42N2O3/c1-4-7-10-17-33-36-31-22-27(13-8-5-2)34(38)28(14-9-6-3)23-32(31)37(33)24-25-18-20-26(21-19-25)29-15-11-12-16-30(29)35(39)40/h11-12,15-16,18-23H,4-10,13-14,17,24H2,1-3H3,(H,39,40). The van der Waals surface area contributed by atoms with Crippen molar-refractivity contribution in [3.63, 3.8) is 0 Å². The number of fused-ring (bicyclic) bond motifs is 1. The van der Waals surface area contributed by atoms with Gasteiger partial charge in [-0.15, -0.1) is 0 Å². The molecule has 0 aliphatic carbocycles. The Labute approximate surface area is 237 Å². The summed E-state index contributed by atoms with van der Waals surface area (Å²) in [5.74, 6) is 0.134. The molecule has 1 heterocycles. The molecule has 5 nitrogen and oxygen atoms in total. The lowest BCUT2D eigenvalue weighted by Crippen LogP contribution is -2.12. The number of hydrogen-bond acceptors (Lipinski definition) is 3. The van der Waals surface area contributed by atoms with Gasteiger partial charge in [0.05, 0.1) is 16.6 Å².